The SMILES string of the molecule is CC(C)OC(=O)CCc1ccc(N(c2ccc(CCC(=O)OC(C)C)cc2)c2ccc(-c3ccccc3)cc2)cc1. The first-order valence-electron chi connectivity index (χ1n) is 14.3. The third-order valence-corrected chi connectivity index (χ3v) is 6.59. The number of hydrogen-bond acceptors (Lipinski definition) is 5. The molecule has 4 aromatic carbocycles. The van der Waals surface area contributed by atoms with Crippen molar-refractivity contribution in [2.24, 2.45) is 0 Å². The van der Waals surface area contributed by atoms with Crippen LogP contribution < -0.4 is 4.90 Å². The Balaban J connectivity index is 1.56. The Morgan fingerprint density at radius 3 is 1.29 bits per heavy atom. The fourth-order valence-electron chi connectivity index (χ4n) is 4.64. The van der Waals surface area contributed by atoms with Crippen molar-refractivity contribution in [2.45, 2.75) is 65.6 Å². The molecule has 0 N–H and O–H groups in total. The lowest BCUT2D eigenvalue weighted by atomic mass is 10.0. The van der Waals surface area contributed by atoms with Gasteiger partial charge in [0.1, 0.15) is 0 Å². The first-order chi connectivity index (χ1) is 19.8. The maximum Gasteiger partial charge on any atom is 0.306 e. The molecule has 0 aliphatic carbocycles. The number of aryl methyl sites for hydroxylation is 2. The smallest absolute Gasteiger partial charge is 0.306 e. The van der Waals surface area contributed by atoms with E-state index in [-0.39, 0.29) is 24.1 Å². The number of carbonyl (C=O) groups excluding carboxylic acids is 2. The number of anilines is 3. The summed E-state index contributed by atoms with van der Waals surface area (Å²) >= 11 is 0. The van der Waals surface area contributed by atoms with Crippen LogP contribution in [0.15, 0.2) is 103 Å². The summed E-state index contributed by atoms with van der Waals surface area (Å²) in [7, 11) is 0. The highest BCUT2D eigenvalue weighted by Crippen LogP contribution is 2.36. The molecular weight excluding hydrogens is 510 g/mol. The fourth-order valence-corrected chi connectivity index (χ4v) is 4.64. The third-order valence-electron chi connectivity index (χ3n) is 6.59. The van der Waals surface area contributed by atoms with E-state index in [1.807, 2.05) is 45.9 Å². The molecule has 4 aromatic rings. The molecule has 0 aliphatic heterocycles. The van der Waals surface area contributed by atoms with Crippen molar-refractivity contribution in [2.75, 3.05) is 4.90 Å². The lowest BCUT2D eigenvalue weighted by molar-refractivity contribution is -0.148. The predicted octanol–water partition coefficient (Wildman–Crippen LogP) is 8.59. The van der Waals surface area contributed by atoms with Gasteiger partial charge >= 0.3 is 11.9 Å². The quantitative estimate of drug-likeness (QED) is 0.166. The molecule has 0 radical (unpaired) electrons. The Hall–Kier alpha value is -4.38. The summed E-state index contributed by atoms with van der Waals surface area (Å²) in [5.74, 6) is -0.358. The number of carbonyl (C=O) groups is 2. The van der Waals surface area contributed by atoms with Crippen molar-refractivity contribution in [3.8, 4) is 11.1 Å². The Labute approximate surface area is 243 Å². The molecule has 0 heterocycles. The maximum absolute atomic E-state index is 12.0. The van der Waals surface area contributed by atoms with Crippen LogP contribution in [0.4, 0.5) is 17.1 Å². The monoisotopic (exact) mass is 549 g/mol. The molecule has 0 fully saturated rings. The summed E-state index contributed by atoms with van der Waals surface area (Å²) in [4.78, 5) is 26.2. The summed E-state index contributed by atoms with van der Waals surface area (Å²) in [6.07, 6.45) is 1.76. The molecule has 0 aliphatic rings. The van der Waals surface area contributed by atoms with Gasteiger partial charge in [-0.05, 0) is 99.2 Å². The second-order valence-corrected chi connectivity index (χ2v) is 10.7. The number of esters is 2. The molecule has 0 spiro atoms. The molecule has 5 heteroatoms. The van der Waals surface area contributed by atoms with Crippen LogP contribution in [0.5, 0.6) is 0 Å². The van der Waals surface area contributed by atoms with Gasteiger partial charge in [-0.1, -0.05) is 66.7 Å². The van der Waals surface area contributed by atoms with Crippen LogP contribution in [0.25, 0.3) is 11.1 Å². The van der Waals surface area contributed by atoms with Crippen LogP contribution in [-0.4, -0.2) is 24.1 Å². The molecule has 0 bridgehead atoms. The minimum Gasteiger partial charge on any atom is -0.463 e. The van der Waals surface area contributed by atoms with Gasteiger partial charge in [-0.25, -0.2) is 0 Å². The molecule has 0 atom stereocenters. The van der Waals surface area contributed by atoms with E-state index >= 15 is 0 Å². The van der Waals surface area contributed by atoms with Gasteiger partial charge < -0.3 is 14.4 Å². The minimum atomic E-state index is -0.179. The van der Waals surface area contributed by atoms with Gasteiger partial charge in [-0.2, -0.15) is 0 Å². The Morgan fingerprint density at radius 2 is 0.902 bits per heavy atom. The molecular formula is C36H39NO4. The number of nitrogens with zero attached hydrogens (tertiary/aromatic N) is 1. The second kappa shape index (κ2) is 14.3. The Morgan fingerprint density at radius 1 is 0.537 bits per heavy atom. The topological polar surface area (TPSA) is 55.8 Å². The van der Waals surface area contributed by atoms with E-state index in [0.717, 1.165) is 33.8 Å². The molecule has 0 saturated carbocycles. The number of hydrogen-bond donors (Lipinski definition) is 0. The summed E-state index contributed by atoms with van der Waals surface area (Å²) in [5.41, 5.74) is 7.55. The Bertz CT molecular complexity index is 1320. The van der Waals surface area contributed by atoms with E-state index in [1.54, 1.807) is 0 Å². The molecule has 5 nitrogen and oxygen atoms in total. The molecule has 212 valence electrons. The van der Waals surface area contributed by atoms with Crippen molar-refractivity contribution in [3.05, 3.63) is 114 Å². The van der Waals surface area contributed by atoms with E-state index in [0.29, 0.717) is 25.7 Å². The van der Waals surface area contributed by atoms with Crippen LogP contribution in [-0.2, 0) is 31.9 Å². The molecule has 0 aromatic heterocycles. The zero-order valence-corrected chi connectivity index (χ0v) is 24.4. The van der Waals surface area contributed by atoms with E-state index < -0.39 is 0 Å². The molecule has 0 unspecified atom stereocenters. The van der Waals surface area contributed by atoms with Gasteiger partial charge in [-0.3, -0.25) is 9.59 Å². The number of benzene rings is 4. The normalized spacial score (nSPS) is 11.0. The van der Waals surface area contributed by atoms with Crippen molar-refractivity contribution in [1.82, 2.24) is 0 Å². The maximum atomic E-state index is 12.0. The summed E-state index contributed by atoms with van der Waals surface area (Å²) in [6, 6.07) is 35.5. The van der Waals surface area contributed by atoms with Gasteiger partial charge in [0.15, 0.2) is 0 Å². The first-order valence-corrected chi connectivity index (χ1v) is 14.3. The van der Waals surface area contributed by atoms with Crippen molar-refractivity contribution in [3.63, 3.8) is 0 Å². The van der Waals surface area contributed by atoms with Gasteiger partial charge in [0.2, 0.25) is 0 Å². The van der Waals surface area contributed by atoms with Crippen LogP contribution in [0, 0.1) is 0 Å². The zero-order chi connectivity index (χ0) is 29.2. The average molecular weight is 550 g/mol. The van der Waals surface area contributed by atoms with Crippen molar-refractivity contribution >= 4 is 29.0 Å². The standard InChI is InChI=1S/C36H39NO4/c1-26(2)40-35(38)24-14-28-10-18-32(19-11-28)37(34-22-16-31(17-23-34)30-8-6-5-7-9-30)33-20-12-29(13-21-33)15-25-36(39)41-27(3)4/h5-13,16-23,26-27H,14-15,24-25H2,1-4H3. The first kappa shape index (κ1) is 29.6. The number of rotatable bonds is 12. The zero-order valence-electron chi connectivity index (χ0n) is 24.4. The van der Waals surface area contributed by atoms with E-state index in [4.69, 9.17) is 9.47 Å². The molecule has 41 heavy (non-hydrogen) atoms. The van der Waals surface area contributed by atoms with Crippen LogP contribution in [0.3, 0.4) is 0 Å². The van der Waals surface area contributed by atoms with E-state index in [2.05, 4.69) is 89.8 Å². The summed E-state index contributed by atoms with van der Waals surface area (Å²) < 4.78 is 10.6. The minimum absolute atomic E-state index is 0.105. The number of ether oxygens (including phenoxy) is 2. The Kier molecular flexibility index (Phi) is 10.3. The average Bonchev–Trinajstić information content (AvgIpc) is 2.96. The largest absolute Gasteiger partial charge is 0.463 e. The fraction of sp³-hybridized carbons (Fsp3) is 0.278. The third kappa shape index (κ3) is 8.81. The highest BCUT2D eigenvalue weighted by molar-refractivity contribution is 5.78. The van der Waals surface area contributed by atoms with Crippen LogP contribution >= 0.6 is 0 Å². The van der Waals surface area contributed by atoms with Gasteiger partial charge in [-0.15, -0.1) is 0 Å². The highest BCUT2D eigenvalue weighted by atomic mass is 16.5. The van der Waals surface area contributed by atoms with Gasteiger partial charge in [0, 0.05) is 29.9 Å². The lowest BCUT2D eigenvalue weighted by Gasteiger charge is -2.26. The molecule has 0 amide bonds. The molecule has 4 rings (SSSR count). The predicted molar refractivity (Wildman–Crippen MR) is 166 cm³/mol. The summed E-state index contributed by atoms with van der Waals surface area (Å²) in [6.45, 7) is 7.45. The second-order valence-electron chi connectivity index (χ2n) is 10.7. The summed E-state index contributed by atoms with van der Waals surface area (Å²) in [5, 5.41) is 0. The molecule has 0 saturated heterocycles. The lowest BCUT2D eigenvalue weighted by Crippen LogP contribution is -2.12. The van der Waals surface area contributed by atoms with Crippen LogP contribution in [0.2, 0.25) is 0 Å². The van der Waals surface area contributed by atoms with Gasteiger partial charge in [0.05, 0.1) is 12.2 Å². The van der Waals surface area contributed by atoms with Crippen molar-refractivity contribution < 1.29 is 19.1 Å². The highest BCUT2D eigenvalue weighted by Gasteiger charge is 2.14. The van der Waals surface area contributed by atoms with Crippen molar-refractivity contribution in [1.29, 1.82) is 0 Å². The van der Waals surface area contributed by atoms with Crippen LogP contribution in [0.1, 0.15) is 51.7 Å². The van der Waals surface area contributed by atoms with E-state index in [1.165, 1.54) is 5.56 Å². The van der Waals surface area contributed by atoms with Gasteiger partial charge in [0.25, 0.3) is 0 Å². The van der Waals surface area contributed by atoms with E-state index in [9.17, 15) is 9.59 Å².